The van der Waals surface area contributed by atoms with Crippen LogP contribution in [0.25, 0.3) is 6.08 Å². The molecule has 134 valence electrons. The molecule has 0 atom stereocenters. The zero-order chi connectivity index (χ0) is 19.1. The van der Waals surface area contributed by atoms with E-state index in [0.717, 1.165) is 11.1 Å². The van der Waals surface area contributed by atoms with E-state index in [-0.39, 0.29) is 12.2 Å². The minimum absolute atomic E-state index is 0.167. The van der Waals surface area contributed by atoms with Crippen molar-refractivity contribution in [1.29, 1.82) is 0 Å². The summed E-state index contributed by atoms with van der Waals surface area (Å²) in [4.78, 5) is 34.8. The minimum atomic E-state index is -0.972. The van der Waals surface area contributed by atoms with Crippen LogP contribution < -0.4 is 0 Å². The molecule has 0 amide bonds. The van der Waals surface area contributed by atoms with E-state index in [1.165, 1.54) is 12.1 Å². The number of carboxylic acids is 1. The van der Waals surface area contributed by atoms with E-state index in [0.29, 0.717) is 16.7 Å². The lowest BCUT2D eigenvalue weighted by atomic mass is 10.0. The fraction of sp³-hybridized carbons (Fsp3) is 0.190. The highest BCUT2D eigenvalue weighted by molar-refractivity contribution is 6.00. The molecule has 0 aliphatic heterocycles. The third-order valence-electron chi connectivity index (χ3n) is 3.79. The van der Waals surface area contributed by atoms with Crippen molar-refractivity contribution in [2.45, 2.75) is 20.3 Å². The normalized spacial score (nSPS) is 10.7. The molecule has 2 aromatic carbocycles. The lowest BCUT2D eigenvalue weighted by molar-refractivity contribution is -0.137. The molecule has 26 heavy (non-hydrogen) atoms. The highest BCUT2D eigenvalue weighted by Gasteiger charge is 2.13. The van der Waals surface area contributed by atoms with Gasteiger partial charge in [-0.3, -0.25) is 9.59 Å². The Kier molecular flexibility index (Phi) is 6.44. The average Bonchev–Trinajstić information content (AvgIpc) is 2.60. The zero-order valence-electron chi connectivity index (χ0n) is 14.7. The predicted molar refractivity (Wildman–Crippen MR) is 98.0 cm³/mol. The summed E-state index contributed by atoms with van der Waals surface area (Å²) in [6.07, 6.45) is 2.72. The van der Waals surface area contributed by atoms with Crippen molar-refractivity contribution in [2.24, 2.45) is 0 Å². The van der Waals surface area contributed by atoms with Crippen LogP contribution in [0.5, 0.6) is 0 Å². The Morgan fingerprint density at radius 1 is 1.04 bits per heavy atom. The highest BCUT2D eigenvalue weighted by atomic mass is 16.5. The number of rotatable bonds is 7. The lowest BCUT2D eigenvalue weighted by Crippen LogP contribution is -2.14. The molecule has 0 spiro atoms. The second kappa shape index (κ2) is 8.76. The molecule has 0 heterocycles. The summed E-state index contributed by atoms with van der Waals surface area (Å²) in [6.45, 7) is 3.33. The van der Waals surface area contributed by atoms with Gasteiger partial charge < -0.3 is 9.84 Å². The number of aryl methyl sites for hydroxylation is 2. The number of esters is 1. The van der Waals surface area contributed by atoms with Gasteiger partial charge in [0.2, 0.25) is 5.78 Å². The maximum Gasteiger partial charge on any atom is 0.331 e. The SMILES string of the molecule is Cc1ccc(/C=C/C(=O)OCC(=O)c2cc(CC(=O)O)ccc2C)cc1. The fourth-order valence-corrected chi connectivity index (χ4v) is 2.36. The number of benzene rings is 2. The Balaban J connectivity index is 1.96. The van der Waals surface area contributed by atoms with Crippen LogP contribution in [-0.4, -0.2) is 29.4 Å². The molecule has 0 aliphatic rings. The van der Waals surface area contributed by atoms with E-state index in [4.69, 9.17) is 9.84 Å². The van der Waals surface area contributed by atoms with E-state index in [2.05, 4.69) is 0 Å². The molecule has 2 rings (SSSR count). The summed E-state index contributed by atoms with van der Waals surface area (Å²) >= 11 is 0. The van der Waals surface area contributed by atoms with Crippen LogP contribution in [0.1, 0.15) is 32.6 Å². The molecule has 1 N–H and O–H groups in total. The number of carbonyl (C=O) groups is 3. The highest BCUT2D eigenvalue weighted by Crippen LogP contribution is 2.13. The van der Waals surface area contributed by atoms with Crippen molar-refractivity contribution in [3.8, 4) is 0 Å². The molecule has 0 unspecified atom stereocenters. The van der Waals surface area contributed by atoms with Gasteiger partial charge in [-0.1, -0.05) is 42.0 Å². The molecule has 0 saturated heterocycles. The van der Waals surface area contributed by atoms with Gasteiger partial charge in [0.05, 0.1) is 6.42 Å². The number of ether oxygens (including phenoxy) is 1. The zero-order valence-corrected chi connectivity index (χ0v) is 14.7. The van der Waals surface area contributed by atoms with Crippen LogP contribution in [0.4, 0.5) is 0 Å². The Morgan fingerprint density at radius 3 is 2.38 bits per heavy atom. The molecular weight excluding hydrogens is 332 g/mol. The van der Waals surface area contributed by atoms with Crippen molar-refractivity contribution in [3.05, 3.63) is 76.4 Å². The van der Waals surface area contributed by atoms with E-state index in [1.807, 2.05) is 31.2 Å². The number of ketones is 1. The van der Waals surface area contributed by atoms with Gasteiger partial charge >= 0.3 is 11.9 Å². The molecular formula is C21H20O5. The summed E-state index contributed by atoms with van der Waals surface area (Å²) in [6, 6.07) is 12.5. The maximum absolute atomic E-state index is 12.3. The van der Waals surface area contributed by atoms with Crippen molar-refractivity contribution >= 4 is 23.8 Å². The van der Waals surface area contributed by atoms with E-state index in [1.54, 1.807) is 25.1 Å². The third-order valence-corrected chi connectivity index (χ3v) is 3.79. The first kappa shape index (κ1) is 19.1. The number of aliphatic carboxylic acids is 1. The van der Waals surface area contributed by atoms with Gasteiger partial charge in [-0.05, 0) is 42.7 Å². The van der Waals surface area contributed by atoms with Gasteiger partial charge in [0, 0.05) is 11.6 Å². The molecule has 0 bridgehead atoms. The summed E-state index contributed by atoms with van der Waals surface area (Å²) in [5, 5.41) is 8.85. The largest absolute Gasteiger partial charge is 0.481 e. The molecule has 5 heteroatoms. The standard InChI is InChI=1S/C21H20O5/c1-14-3-6-16(7-4-14)9-10-21(25)26-13-19(22)18-11-17(12-20(23)24)8-5-15(18)2/h3-11H,12-13H2,1-2H3,(H,23,24)/b10-9+. The number of carboxylic acid groups (broad SMARTS) is 1. The van der Waals surface area contributed by atoms with Gasteiger partial charge in [-0.2, -0.15) is 0 Å². The second-order valence-electron chi connectivity index (χ2n) is 5.99. The number of Topliss-reactive ketones (excluding diaryl/α,β-unsaturated/α-hetero) is 1. The van der Waals surface area contributed by atoms with Crippen LogP contribution in [0.3, 0.4) is 0 Å². The molecule has 5 nitrogen and oxygen atoms in total. The summed E-state index contributed by atoms with van der Waals surface area (Å²) in [5.41, 5.74) is 3.57. The minimum Gasteiger partial charge on any atom is -0.481 e. The van der Waals surface area contributed by atoms with Gasteiger partial charge in [0.15, 0.2) is 6.61 Å². The Labute approximate surface area is 151 Å². The van der Waals surface area contributed by atoms with Crippen molar-refractivity contribution in [2.75, 3.05) is 6.61 Å². The quantitative estimate of drug-likeness (QED) is 0.469. The second-order valence-corrected chi connectivity index (χ2v) is 5.99. The van der Waals surface area contributed by atoms with Gasteiger partial charge in [0.1, 0.15) is 0 Å². The third kappa shape index (κ3) is 5.70. The van der Waals surface area contributed by atoms with E-state index < -0.39 is 18.5 Å². The van der Waals surface area contributed by atoms with Crippen LogP contribution >= 0.6 is 0 Å². The molecule has 0 aromatic heterocycles. The molecule has 0 fully saturated rings. The van der Waals surface area contributed by atoms with E-state index in [9.17, 15) is 14.4 Å². The summed E-state index contributed by atoms with van der Waals surface area (Å²) < 4.78 is 4.99. The monoisotopic (exact) mass is 352 g/mol. The van der Waals surface area contributed by atoms with Gasteiger partial charge in [-0.15, -0.1) is 0 Å². The van der Waals surface area contributed by atoms with Crippen LogP contribution in [-0.2, 0) is 20.7 Å². The molecule has 0 radical (unpaired) electrons. The maximum atomic E-state index is 12.3. The van der Waals surface area contributed by atoms with Crippen LogP contribution in [0.15, 0.2) is 48.5 Å². The number of carbonyl (C=O) groups excluding carboxylic acids is 2. The first-order valence-electron chi connectivity index (χ1n) is 8.11. The van der Waals surface area contributed by atoms with Crippen LogP contribution in [0, 0.1) is 13.8 Å². The lowest BCUT2D eigenvalue weighted by Gasteiger charge is -2.07. The average molecular weight is 352 g/mol. The Hall–Kier alpha value is -3.21. The molecule has 0 saturated carbocycles. The first-order valence-corrected chi connectivity index (χ1v) is 8.11. The van der Waals surface area contributed by atoms with Gasteiger partial charge in [0.25, 0.3) is 0 Å². The van der Waals surface area contributed by atoms with E-state index >= 15 is 0 Å². The van der Waals surface area contributed by atoms with Crippen molar-refractivity contribution in [1.82, 2.24) is 0 Å². The fourth-order valence-electron chi connectivity index (χ4n) is 2.36. The molecule has 0 aliphatic carbocycles. The summed E-state index contributed by atoms with van der Waals surface area (Å²) in [5.74, 6) is -1.95. The topological polar surface area (TPSA) is 80.7 Å². The Morgan fingerprint density at radius 2 is 1.73 bits per heavy atom. The van der Waals surface area contributed by atoms with Crippen molar-refractivity contribution in [3.63, 3.8) is 0 Å². The van der Waals surface area contributed by atoms with Gasteiger partial charge in [-0.25, -0.2) is 4.79 Å². The number of hydrogen-bond acceptors (Lipinski definition) is 4. The first-order chi connectivity index (χ1) is 12.3. The predicted octanol–water partition coefficient (Wildman–Crippen LogP) is 3.37. The summed E-state index contributed by atoms with van der Waals surface area (Å²) in [7, 11) is 0. The smallest absolute Gasteiger partial charge is 0.331 e. The van der Waals surface area contributed by atoms with Crippen molar-refractivity contribution < 1.29 is 24.2 Å². The van der Waals surface area contributed by atoms with Crippen LogP contribution in [0.2, 0.25) is 0 Å². The molecule has 2 aromatic rings. The Bertz CT molecular complexity index is 847. The number of hydrogen-bond donors (Lipinski definition) is 1.